The predicted molar refractivity (Wildman–Crippen MR) is 87.0 cm³/mol. The molecule has 0 saturated carbocycles. The SMILES string of the molecule is [2H]C([2H])(C/C=C\C/C=C\CCCCC)C([2H])([2H])C([2H])([2H])C([2H])([2H])C([2H])([2H])C([2H])([2H])C(=O)O. The van der Waals surface area contributed by atoms with Crippen molar-refractivity contribution in [1.82, 2.24) is 0 Å². The van der Waals surface area contributed by atoms with Crippen LogP contribution in [0.1, 0.15) is 100 Å². The molecule has 0 bridgehead atoms. The molecule has 0 amide bonds. The van der Waals surface area contributed by atoms with E-state index >= 15 is 0 Å². The maximum Gasteiger partial charge on any atom is 0.303 e. The third-order valence-electron chi connectivity index (χ3n) is 2.25. The Morgan fingerprint density at radius 1 is 0.950 bits per heavy atom. The molecule has 0 rings (SSSR count). The summed E-state index contributed by atoms with van der Waals surface area (Å²) in [4.78, 5) is 11.1. The van der Waals surface area contributed by atoms with Crippen molar-refractivity contribution in [2.45, 2.75) is 83.7 Å². The molecule has 0 saturated heterocycles. The van der Waals surface area contributed by atoms with Gasteiger partial charge in [0.05, 0.1) is 0 Å². The van der Waals surface area contributed by atoms with Crippen molar-refractivity contribution in [2.24, 2.45) is 0 Å². The minimum Gasteiger partial charge on any atom is -0.481 e. The first kappa shape index (κ1) is 6.81. The fourth-order valence-electron chi connectivity index (χ4n) is 1.29. The molecule has 1 N–H and O–H groups in total. The molecule has 0 atom stereocenters. The van der Waals surface area contributed by atoms with E-state index in [0.717, 1.165) is 25.7 Å². The van der Waals surface area contributed by atoms with Crippen molar-refractivity contribution >= 4 is 5.97 Å². The summed E-state index contributed by atoms with van der Waals surface area (Å²) in [6.07, 6.45) is -12.1. The summed E-state index contributed by atoms with van der Waals surface area (Å²) in [5.41, 5.74) is 0. The smallest absolute Gasteiger partial charge is 0.303 e. The predicted octanol–water partition coefficient (Wildman–Crippen LogP) is 5.88. The van der Waals surface area contributed by atoms with Gasteiger partial charge in [0.1, 0.15) is 0 Å². The van der Waals surface area contributed by atoms with Crippen molar-refractivity contribution in [3.63, 3.8) is 0 Å². The molecule has 0 aliphatic rings. The third kappa shape index (κ3) is 16.9. The standard InChI is InChI=1S/C18H32O2/c1-2-3-4-5-6-7-8-9-10-11-12-13-14-15-16-17-18(19)20/h6-7,9-10H,2-5,8,11-17H2,1H3,(H,19,20)/b7-6-,10-9-/i12D2,13D2,14D2,15D2,16D2,17D2. The summed E-state index contributed by atoms with van der Waals surface area (Å²) in [6.45, 7) is 2.09. The molecule has 116 valence electrons. The Hall–Kier alpha value is -1.05. The lowest BCUT2D eigenvalue weighted by molar-refractivity contribution is -0.137. The number of unbranched alkanes of at least 4 members (excludes halogenated alkanes) is 3. The highest BCUT2D eigenvalue weighted by atomic mass is 16.4. The van der Waals surface area contributed by atoms with E-state index in [1.165, 1.54) is 12.2 Å². The molecule has 0 aromatic carbocycles. The van der Waals surface area contributed by atoms with Gasteiger partial charge in [-0.1, -0.05) is 63.2 Å². The lowest BCUT2D eigenvalue weighted by Crippen LogP contribution is -1.93. The fraction of sp³-hybridized carbons (Fsp3) is 0.722. The van der Waals surface area contributed by atoms with Crippen LogP contribution in [0.2, 0.25) is 0 Å². The van der Waals surface area contributed by atoms with Crippen molar-refractivity contribution in [1.29, 1.82) is 0 Å². The minimum atomic E-state index is -4.05. The molecule has 0 heterocycles. The summed E-state index contributed by atoms with van der Waals surface area (Å²) in [5.74, 6) is -2.39. The number of hydrogen-bond acceptors (Lipinski definition) is 1. The lowest BCUT2D eigenvalue weighted by Gasteiger charge is -1.98. The molecule has 2 heteroatoms. The summed E-state index contributed by atoms with van der Waals surface area (Å²) >= 11 is 0. The molecular formula is C18H32O2. The molecule has 0 radical (unpaired) electrons. The van der Waals surface area contributed by atoms with Crippen LogP contribution in [0, 0.1) is 0 Å². The number of allylic oxidation sites excluding steroid dienone is 4. The second kappa shape index (κ2) is 16.0. The van der Waals surface area contributed by atoms with E-state index in [-0.39, 0.29) is 0 Å². The quantitative estimate of drug-likeness (QED) is 0.320. The van der Waals surface area contributed by atoms with Crippen LogP contribution in [-0.2, 0) is 4.79 Å². The van der Waals surface area contributed by atoms with Gasteiger partial charge in [0.25, 0.3) is 0 Å². The van der Waals surface area contributed by atoms with E-state index in [9.17, 15) is 4.79 Å². The highest BCUT2D eigenvalue weighted by Gasteiger charge is 1.95. The van der Waals surface area contributed by atoms with Gasteiger partial charge in [0.2, 0.25) is 0 Å². The Bertz CT molecular complexity index is 683. The summed E-state index contributed by atoms with van der Waals surface area (Å²) in [7, 11) is 0. The first-order chi connectivity index (χ1) is 14.3. The summed E-state index contributed by atoms with van der Waals surface area (Å²) < 4.78 is 93.5. The van der Waals surface area contributed by atoms with E-state index in [4.69, 9.17) is 21.6 Å². The molecule has 0 aromatic heterocycles. The van der Waals surface area contributed by atoms with E-state index < -0.39 is 50.6 Å². The maximum absolute atomic E-state index is 11.1. The Labute approximate surface area is 141 Å². The van der Waals surface area contributed by atoms with Crippen LogP contribution in [-0.4, -0.2) is 11.1 Å². The molecule has 0 unspecified atom stereocenters. The van der Waals surface area contributed by atoms with Crippen LogP contribution < -0.4 is 0 Å². The molecule has 0 aromatic rings. The Kier molecular flexibility index (Phi) is 5.45. The van der Waals surface area contributed by atoms with Crippen LogP contribution in [0.3, 0.4) is 0 Å². The van der Waals surface area contributed by atoms with Crippen molar-refractivity contribution in [3.05, 3.63) is 24.3 Å². The number of hydrogen-bond donors (Lipinski definition) is 1. The van der Waals surface area contributed by atoms with E-state index in [2.05, 4.69) is 6.92 Å². The maximum atomic E-state index is 11.1. The molecule has 0 fully saturated rings. The zero-order chi connectivity index (χ0) is 25.6. The van der Waals surface area contributed by atoms with Crippen molar-refractivity contribution < 1.29 is 26.4 Å². The van der Waals surface area contributed by atoms with Gasteiger partial charge in [0, 0.05) is 22.8 Å². The first-order valence-electron chi connectivity index (χ1n) is 12.8. The number of carboxylic acids is 1. The van der Waals surface area contributed by atoms with Gasteiger partial charge in [-0.25, -0.2) is 0 Å². The molecule has 0 spiro atoms. The zero-order valence-electron chi connectivity index (χ0n) is 23.9. The first-order valence-corrected chi connectivity index (χ1v) is 6.79. The Morgan fingerprint density at radius 2 is 1.60 bits per heavy atom. The lowest BCUT2D eigenvalue weighted by atomic mass is 10.1. The molecule has 20 heavy (non-hydrogen) atoms. The van der Waals surface area contributed by atoms with Crippen molar-refractivity contribution in [2.75, 3.05) is 0 Å². The molecule has 2 nitrogen and oxygen atoms in total. The average molecular weight is 293 g/mol. The number of aliphatic carboxylic acids is 1. The molecular weight excluding hydrogens is 248 g/mol. The van der Waals surface area contributed by atoms with Crippen LogP contribution in [0.4, 0.5) is 0 Å². The Balaban J connectivity index is 5.61. The largest absolute Gasteiger partial charge is 0.481 e. The van der Waals surface area contributed by atoms with Gasteiger partial charge in [-0.15, -0.1) is 0 Å². The molecule has 0 aliphatic heterocycles. The molecule has 0 aliphatic carbocycles. The van der Waals surface area contributed by atoms with Gasteiger partial charge < -0.3 is 5.11 Å². The topological polar surface area (TPSA) is 37.3 Å². The third-order valence-corrected chi connectivity index (χ3v) is 2.25. The number of carboxylic acid groups (broad SMARTS) is 1. The van der Waals surface area contributed by atoms with E-state index in [0.29, 0.717) is 6.42 Å². The fourth-order valence-corrected chi connectivity index (χ4v) is 1.29. The number of rotatable bonds is 14. The van der Waals surface area contributed by atoms with Crippen LogP contribution in [0.15, 0.2) is 24.3 Å². The summed E-state index contributed by atoms with van der Waals surface area (Å²) in [6, 6.07) is 0. The highest BCUT2D eigenvalue weighted by Crippen LogP contribution is 2.08. The van der Waals surface area contributed by atoms with Gasteiger partial charge in [-0.3, -0.25) is 4.79 Å². The summed E-state index contributed by atoms with van der Waals surface area (Å²) in [5, 5.41) is 8.93. The van der Waals surface area contributed by atoms with Crippen molar-refractivity contribution in [3.8, 4) is 0 Å². The minimum absolute atomic E-state index is 0.431. The van der Waals surface area contributed by atoms with Crippen LogP contribution >= 0.6 is 0 Å². The highest BCUT2D eigenvalue weighted by molar-refractivity contribution is 5.66. The second-order valence-electron chi connectivity index (χ2n) is 3.99. The normalized spacial score (nSPS) is 24.9. The van der Waals surface area contributed by atoms with Gasteiger partial charge >= 0.3 is 5.97 Å². The monoisotopic (exact) mass is 292 g/mol. The average Bonchev–Trinajstić information content (AvgIpc) is 2.65. The van der Waals surface area contributed by atoms with E-state index in [1.807, 2.05) is 12.2 Å². The second-order valence-corrected chi connectivity index (χ2v) is 3.99. The van der Waals surface area contributed by atoms with Crippen LogP contribution in [0.25, 0.3) is 0 Å². The van der Waals surface area contributed by atoms with E-state index in [1.54, 1.807) is 0 Å². The Morgan fingerprint density at radius 3 is 2.30 bits per heavy atom. The number of carbonyl (C=O) groups is 1. The van der Waals surface area contributed by atoms with Crippen LogP contribution in [0.5, 0.6) is 0 Å². The zero-order valence-corrected chi connectivity index (χ0v) is 11.9. The van der Waals surface area contributed by atoms with Gasteiger partial charge in [-0.05, 0) is 38.4 Å². The van der Waals surface area contributed by atoms with Gasteiger partial charge in [-0.2, -0.15) is 0 Å². The van der Waals surface area contributed by atoms with Gasteiger partial charge in [0.15, 0.2) is 0 Å².